The first-order valence-electron chi connectivity index (χ1n) is 17.0. The van der Waals surface area contributed by atoms with E-state index in [9.17, 15) is 9.18 Å². The van der Waals surface area contributed by atoms with Gasteiger partial charge in [-0.25, -0.2) is 4.39 Å². The van der Waals surface area contributed by atoms with Crippen LogP contribution in [0.4, 0.5) is 4.39 Å². The van der Waals surface area contributed by atoms with Crippen LogP contribution in [0.5, 0.6) is 0 Å². The van der Waals surface area contributed by atoms with Crippen LogP contribution in [0.25, 0.3) is 0 Å². The summed E-state index contributed by atoms with van der Waals surface area (Å²) in [6.07, 6.45) is 4.47. The minimum absolute atomic E-state index is 0. The van der Waals surface area contributed by atoms with E-state index in [4.69, 9.17) is 9.84 Å². The van der Waals surface area contributed by atoms with Gasteiger partial charge in [-0.3, -0.25) is 9.48 Å². The molecule has 2 aromatic carbocycles. The average Bonchev–Trinajstić information content (AvgIpc) is 3.60. The molecule has 0 amide bonds. The minimum Gasteiger partial charge on any atom is -0.461 e. The van der Waals surface area contributed by atoms with E-state index in [1.54, 1.807) is 12.1 Å². The number of hydrogen-bond acceptors (Lipinski definition) is 5. The molecule has 0 spiro atoms. The van der Waals surface area contributed by atoms with Gasteiger partial charge in [0.05, 0.1) is 12.2 Å². The molecule has 1 aromatic heterocycles. The molecule has 0 unspecified atom stereocenters. The third kappa shape index (κ3) is 11.4. The monoisotopic (exact) mass is 724 g/mol. The van der Waals surface area contributed by atoms with Crippen molar-refractivity contribution >= 4 is 43.2 Å². The SMILES string of the molecule is CCn1nc(Cc2ccc(C(C)C)cc2)cc1C1CCN(C[C@H]2C[C@H](OC(=O)CNC(C)(C)C)C[C@@H]2c2cccc(F)c2)CC1.Cl.Cl.Cl. The number of ether oxygens (including phenoxy) is 1. The van der Waals surface area contributed by atoms with Crippen molar-refractivity contribution in [1.29, 1.82) is 0 Å². The van der Waals surface area contributed by atoms with Gasteiger partial charge in [-0.05, 0) is 119 Å². The summed E-state index contributed by atoms with van der Waals surface area (Å²) < 4.78 is 22.4. The third-order valence-corrected chi connectivity index (χ3v) is 9.68. The molecule has 0 bridgehead atoms. The van der Waals surface area contributed by atoms with Gasteiger partial charge < -0.3 is 15.0 Å². The Bertz CT molecular complexity index is 1420. The lowest BCUT2D eigenvalue weighted by Gasteiger charge is -2.35. The quantitative estimate of drug-likeness (QED) is 0.201. The van der Waals surface area contributed by atoms with E-state index in [0.29, 0.717) is 17.8 Å². The third-order valence-electron chi connectivity index (χ3n) is 9.68. The van der Waals surface area contributed by atoms with Gasteiger partial charge in [0, 0.05) is 36.7 Å². The lowest BCUT2D eigenvalue weighted by atomic mass is 9.87. The number of nitrogens with zero attached hydrogens (tertiary/aromatic N) is 3. The van der Waals surface area contributed by atoms with E-state index in [1.165, 1.54) is 22.9 Å². The van der Waals surface area contributed by atoms with Crippen molar-refractivity contribution in [2.45, 2.75) is 110 Å². The first-order chi connectivity index (χ1) is 21.5. The van der Waals surface area contributed by atoms with Crippen LogP contribution in [0.2, 0.25) is 0 Å². The van der Waals surface area contributed by atoms with Gasteiger partial charge in [-0.2, -0.15) is 5.10 Å². The zero-order valence-electron chi connectivity index (χ0n) is 29.4. The zero-order valence-corrected chi connectivity index (χ0v) is 31.9. The second kappa shape index (κ2) is 18.7. The summed E-state index contributed by atoms with van der Waals surface area (Å²) in [7, 11) is 0. The molecule has 268 valence electrons. The summed E-state index contributed by atoms with van der Waals surface area (Å²) in [4.78, 5) is 15.2. The number of likely N-dealkylation sites (tertiary alicyclic amines) is 1. The maximum Gasteiger partial charge on any atom is 0.320 e. The number of aromatic nitrogens is 2. The van der Waals surface area contributed by atoms with E-state index in [1.807, 2.05) is 26.8 Å². The molecular weight excluding hydrogens is 670 g/mol. The van der Waals surface area contributed by atoms with Crippen molar-refractivity contribution < 1.29 is 13.9 Å². The Morgan fingerprint density at radius 3 is 2.31 bits per heavy atom. The Hall–Kier alpha value is -2.16. The molecule has 3 atom stereocenters. The van der Waals surface area contributed by atoms with Crippen LogP contribution in [0.15, 0.2) is 54.6 Å². The average molecular weight is 726 g/mol. The summed E-state index contributed by atoms with van der Waals surface area (Å²) in [5.74, 6) is 1.10. The van der Waals surface area contributed by atoms with Crippen LogP contribution >= 0.6 is 37.2 Å². The Labute approximate surface area is 306 Å². The van der Waals surface area contributed by atoms with Crippen LogP contribution in [-0.2, 0) is 22.5 Å². The first kappa shape index (κ1) is 42.0. The molecule has 5 rings (SSSR count). The highest BCUT2D eigenvalue weighted by molar-refractivity contribution is 5.86. The van der Waals surface area contributed by atoms with E-state index < -0.39 is 0 Å². The van der Waals surface area contributed by atoms with Gasteiger partial charge >= 0.3 is 5.97 Å². The molecule has 6 nitrogen and oxygen atoms in total. The van der Waals surface area contributed by atoms with Crippen molar-refractivity contribution in [3.05, 3.63) is 88.5 Å². The number of carbonyl (C=O) groups is 1. The Kier molecular flexibility index (Phi) is 16.4. The predicted octanol–water partition coefficient (Wildman–Crippen LogP) is 8.69. The number of nitrogens with one attached hydrogen (secondary N) is 1. The minimum atomic E-state index is -0.214. The summed E-state index contributed by atoms with van der Waals surface area (Å²) in [5, 5.41) is 8.22. The second-order valence-corrected chi connectivity index (χ2v) is 14.6. The van der Waals surface area contributed by atoms with Gasteiger partial charge in [0.25, 0.3) is 0 Å². The molecule has 1 aliphatic carbocycles. The summed E-state index contributed by atoms with van der Waals surface area (Å²) in [6, 6.07) is 18.3. The molecule has 2 fully saturated rings. The van der Waals surface area contributed by atoms with Gasteiger partial charge in [-0.15, -0.1) is 37.2 Å². The molecule has 2 aliphatic rings. The van der Waals surface area contributed by atoms with Crippen molar-refractivity contribution in [3.8, 4) is 0 Å². The molecule has 1 saturated carbocycles. The normalized spacial score (nSPS) is 20.1. The second-order valence-electron chi connectivity index (χ2n) is 14.6. The number of piperidine rings is 1. The van der Waals surface area contributed by atoms with Gasteiger partial charge in [0.2, 0.25) is 0 Å². The van der Waals surface area contributed by atoms with Crippen molar-refractivity contribution in [3.63, 3.8) is 0 Å². The number of benzene rings is 2. The smallest absolute Gasteiger partial charge is 0.320 e. The lowest BCUT2D eigenvalue weighted by molar-refractivity contribution is -0.148. The fraction of sp³-hybridized carbons (Fsp3) is 0.579. The van der Waals surface area contributed by atoms with Crippen molar-refractivity contribution in [2.75, 3.05) is 26.2 Å². The standard InChI is InChI=1S/C38H53FN4O2.3ClH/c1-7-43-36(22-33(41-43)19-27-11-13-28(14-12-27)26(2)3)29-15-17-42(18-16-29)25-31-21-34(45-37(44)24-40-38(4,5)6)23-35(31)30-9-8-10-32(39)20-30;;;/h8-14,20,22,26,29,31,34-35,40H,7,15-19,21,23-25H2,1-6H3;3*1H/t31-,34+,35-;;;/m1.../s1. The molecule has 0 radical (unpaired) electrons. The molecule has 3 aromatic rings. The van der Waals surface area contributed by atoms with Crippen LogP contribution in [-0.4, -0.2) is 58.5 Å². The summed E-state index contributed by atoms with van der Waals surface area (Å²) in [5.41, 5.74) is 6.05. The Morgan fingerprint density at radius 2 is 1.71 bits per heavy atom. The number of aryl methyl sites for hydroxylation is 1. The van der Waals surface area contributed by atoms with Crippen molar-refractivity contribution in [2.24, 2.45) is 5.92 Å². The fourth-order valence-electron chi connectivity index (χ4n) is 7.21. The van der Waals surface area contributed by atoms with Gasteiger partial charge in [-0.1, -0.05) is 50.2 Å². The number of halogens is 4. The Morgan fingerprint density at radius 1 is 1.02 bits per heavy atom. The zero-order chi connectivity index (χ0) is 32.1. The van der Waals surface area contributed by atoms with E-state index in [-0.39, 0.29) is 73.1 Å². The molecule has 1 N–H and O–H groups in total. The highest BCUT2D eigenvalue weighted by Gasteiger charge is 2.39. The van der Waals surface area contributed by atoms with Gasteiger partial charge in [0.15, 0.2) is 0 Å². The van der Waals surface area contributed by atoms with Crippen LogP contribution in [0, 0.1) is 11.7 Å². The maximum atomic E-state index is 14.2. The summed E-state index contributed by atoms with van der Waals surface area (Å²) in [6.45, 7) is 16.8. The van der Waals surface area contributed by atoms with Crippen LogP contribution < -0.4 is 5.32 Å². The Balaban J connectivity index is 0.00000267. The first-order valence-corrected chi connectivity index (χ1v) is 17.0. The predicted molar refractivity (Wildman–Crippen MR) is 201 cm³/mol. The van der Waals surface area contributed by atoms with Crippen LogP contribution in [0.1, 0.15) is 113 Å². The summed E-state index contributed by atoms with van der Waals surface area (Å²) >= 11 is 0. The molecule has 48 heavy (non-hydrogen) atoms. The highest BCUT2D eigenvalue weighted by Crippen LogP contribution is 2.42. The topological polar surface area (TPSA) is 59.4 Å². The fourth-order valence-corrected chi connectivity index (χ4v) is 7.21. The van der Waals surface area contributed by atoms with E-state index >= 15 is 0 Å². The molecular formula is C38H56Cl3FN4O2. The lowest BCUT2D eigenvalue weighted by Crippen LogP contribution is -2.40. The molecule has 1 aliphatic heterocycles. The number of esters is 1. The highest BCUT2D eigenvalue weighted by atomic mass is 35.5. The largest absolute Gasteiger partial charge is 0.461 e. The van der Waals surface area contributed by atoms with E-state index in [0.717, 1.165) is 69.5 Å². The molecule has 10 heteroatoms. The van der Waals surface area contributed by atoms with Crippen molar-refractivity contribution in [1.82, 2.24) is 20.0 Å². The number of carbonyl (C=O) groups excluding carboxylic acids is 1. The molecule has 2 heterocycles. The molecule has 1 saturated heterocycles. The van der Waals surface area contributed by atoms with Crippen LogP contribution in [0.3, 0.4) is 0 Å². The maximum absolute atomic E-state index is 14.2. The van der Waals surface area contributed by atoms with E-state index in [2.05, 4.69) is 66.0 Å². The van der Waals surface area contributed by atoms with Gasteiger partial charge in [0.1, 0.15) is 11.9 Å². The number of hydrogen-bond donors (Lipinski definition) is 1. The number of rotatable bonds is 11.